The van der Waals surface area contributed by atoms with E-state index in [4.69, 9.17) is 4.74 Å². The lowest BCUT2D eigenvalue weighted by Gasteiger charge is -2.33. The molecule has 0 aromatic heterocycles. The van der Waals surface area contributed by atoms with Gasteiger partial charge in [-0.25, -0.2) is 8.42 Å². The zero-order valence-corrected chi connectivity index (χ0v) is 23.1. The molecule has 3 aromatic carbocycles. The summed E-state index contributed by atoms with van der Waals surface area (Å²) in [4.78, 5) is 28.1. The van der Waals surface area contributed by atoms with Crippen LogP contribution in [0.3, 0.4) is 0 Å². The highest BCUT2D eigenvalue weighted by Crippen LogP contribution is 2.27. The summed E-state index contributed by atoms with van der Waals surface area (Å²) < 4.78 is 34.1. The Kier molecular flexibility index (Phi) is 9.90. The van der Waals surface area contributed by atoms with Crippen LogP contribution in [0, 0.1) is 6.92 Å². The zero-order chi connectivity index (χ0) is 27.7. The van der Waals surface area contributed by atoms with Crippen LogP contribution in [-0.2, 0) is 26.2 Å². The van der Waals surface area contributed by atoms with Crippen molar-refractivity contribution in [1.29, 1.82) is 0 Å². The number of rotatable bonds is 12. The number of benzene rings is 3. The summed E-state index contributed by atoms with van der Waals surface area (Å²) >= 11 is 0. The van der Waals surface area contributed by atoms with Gasteiger partial charge in [0.15, 0.2) is 0 Å². The highest BCUT2D eigenvalue weighted by molar-refractivity contribution is 7.92. The molecule has 0 bridgehead atoms. The maximum Gasteiger partial charge on any atom is 0.264 e. The number of likely N-dealkylation sites (N-methyl/N-ethyl adjacent to an activating group) is 1. The normalized spacial score (nSPS) is 11.9. The molecule has 38 heavy (non-hydrogen) atoms. The Balaban J connectivity index is 2.03. The molecule has 0 aliphatic rings. The molecule has 0 spiro atoms. The van der Waals surface area contributed by atoms with Gasteiger partial charge in [0, 0.05) is 13.6 Å². The van der Waals surface area contributed by atoms with E-state index in [2.05, 4.69) is 5.32 Å². The number of sulfonamides is 1. The fraction of sp³-hybridized carbons (Fsp3) is 0.310. The van der Waals surface area contributed by atoms with Gasteiger partial charge in [-0.1, -0.05) is 55.0 Å². The molecule has 0 unspecified atom stereocenters. The van der Waals surface area contributed by atoms with E-state index in [0.29, 0.717) is 24.5 Å². The summed E-state index contributed by atoms with van der Waals surface area (Å²) in [6.45, 7) is 5.79. The molecule has 8 nitrogen and oxygen atoms in total. The third-order valence-electron chi connectivity index (χ3n) is 6.15. The average Bonchev–Trinajstić information content (AvgIpc) is 2.93. The van der Waals surface area contributed by atoms with Crippen molar-refractivity contribution in [1.82, 2.24) is 10.2 Å². The summed E-state index contributed by atoms with van der Waals surface area (Å²) in [7, 11) is -2.58. The van der Waals surface area contributed by atoms with Gasteiger partial charge in [-0.05, 0) is 62.2 Å². The molecular formula is C29H35N3O5S. The van der Waals surface area contributed by atoms with E-state index in [1.807, 2.05) is 45.0 Å². The first-order valence-corrected chi connectivity index (χ1v) is 14.0. The van der Waals surface area contributed by atoms with E-state index >= 15 is 0 Å². The van der Waals surface area contributed by atoms with Gasteiger partial charge in [-0.15, -0.1) is 0 Å². The van der Waals surface area contributed by atoms with Crippen molar-refractivity contribution in [2.24, 2.45) is 0 Å². The molecule has 0 saturated heterocycles. The Morgan fingerprint density at radius 2 is 1.55 bits per heavy atom. The Morgan fingerprint density at radius 1 is 0.921 bits per heavy atom. The second kappa shape index (κ2) is 13.1. The molecule has 9 heteroatoms. The quantitative estimate of drug-likeness (QED) is 0.375. The summed E-state index contributed by atoms with van der Waals surface area (Å²) in [6, 6.07) is 21.4. The van der Waals surface area contributed by atoms with Gasteiger partial charge in [0.25, 0.3) is 10.0 Å². The Hall–Kier alpha value is -3.85. The van der Waals surface area contributed by atoms with Crippen LogP contribution >= 0.6 is 0 Å². The summed E-state index contributed by atoms with van der Waals surface area (Å²) in [5.41, 5.74) is 2.22. The minimum Gasteiger partial charge on any atom is -0.494 e. The van der Waals surface area contributed by atoms with Crippen molar-refractivity contribution in [2.45, 2.75) is 44.7 Å². The molecule has 202 valence electrons. The number of ether oxygens (including phenoxy) is 1. The second-order valence-electron chi connectivity index (χ2n) is 8.80. The molecule has 0 aliphatic carbocycles. The van der Waals surface area contributed by atoms with Crippen molar-refractivity contribution >= 4 is 27.5 Å². The van der Waals surface area contributed by atoms with E-state index < -0.39 is 28.5 Å². The van der Waals surface area contributed by atoms with Crippen LogP contribution in [0.25, 0.3) is 0 Å². The number of carbonyl (C=O) groups excluding carboxylic acids is 2. The van der Waals surface area contributed by atoms with Crippen LogP contribution in [0.2, 0.25) is 0 Å². The highest BCUT2D eigenvalue weighted by Gasteiger charge is 2.33. The minimum absolute atomic E-state index is 0.0603. The van der Waals surface area contributed by atoms with E-state index in [0.717, 1.165) is 15.4 Å². The molecule has 3 aromatic rings. The van der Waals surface area contributed by atoms with Crippen molar-refractivity contribution < 1.29 is 22.7 Å². The number of hydrogen-bond donors (Lipinski definition) is 1. The smallest absolute Gasteiger partial charge is 0.264 e. The molecule has 0 fully saturated rings. The zero-order valence-electron chi connectivity index (χ0n) is 22.3. The topological polar surface area (TPSA) is 96.0 Å². The van der Waals surface area contributed by atoms with Gasteiger partial charge in [0.2, 0.25) is 11.8 Å². The lowest BCUT2D eigenvalue weighted by atomic mass is 10.1. The monoisotopic (exact) mass is 537 g/mol. The number of carbonyl (C=O) groups is 2. The highest BCUT2D eigenvalue weighted by atomic mass is 32.2. The van der Waals surface area contributed by atoms with Gasteiger partial charge in [-0.3, -0.25) is 13.9 Å². The fourth-order valence-electron chi connectivity index (χ4n) is 4.10. The van der Waals surface area contributed by atoms with Gasteiger partial charge in [0.1, 0.15) is 18.3 Å². The number of nitrogens with one attached hydrogen (secondary N) is 1. The molecule has 3 rings (SSSR count). The molecule has 1 N–H and O–H groups in total. The Bertz CT molecular complexity index is 1310. The van der Waals surface area contributed by atoms with Crippen LogP contribution in [0.15, 0.2) is 83.8 Å². The van der Waals surface area contributed by atoms with Crippen LogP contribution in [-0.4, -0.2) is 51.4 Å². The van der Waals surface area contributed by atoms with Gasteiger partial charge in [0.05, 0.1) is 17.2 Å². The summed E-state index contributed by atoms with van der Waals surface area (Å²) in [6.07, 6.45) is 0.367. The Labute approximate surface area is 225 Å². The van der Waals surface area contributed by atoms with Crippen molar-refractivity contribution in [3.63, 3.8) is 0 Å². The van der Waals surface area contributed by atoms with E-state index in [1.165, 1.54) is 24.1 Å². The first-order valence-electron chi connectivity index (χ1n) is 12.6. The van der Waals surface area contributed by atoms with Gasteiger partial charge in [-0.2, -0.15) is 0 Å². The molecule has 0 saturated carbocycles. The molecule has 1 atom stereocenters. The van der Waals surface area contributed by atoms with Crippen LogP contribution in [0.1, 0.15) is 31.4 Å². The molecule has 2 amide bonds. The predicted molar refractivity (Wildman–Crippen MR) is 148 cm³/mol. The van der Waals surface area contributed by atoms with E-state index in [1.54, 1.807) is 42.5 Å². The first kappa shape index (κ1) is 28.7. The minimum atomic E-state index is -4.10. The predicted octanol–water partition coefficient (Wildman–Crippen LogP) is 4.14. The van der Waals surface area contributed by atoms with Gasteiger partial charge >= 0.3 is 0 Å². The number of aryl methyl sites for hydroxylation is 1. The van der Waals surface area contributed by atoms with E-state index in [9.17, 15) is 18.0 Å². The lowest BCUT2D eigenvalue weighted by Crippen LogP contribution is -2.51. The molecular weight excluding hydrogens is 502 g/mol. The maximum atomic E-state index is 13.9. The Morgan fingerprint density at radius 3 is 2.11 bits per heavy atom. The number of anilines is 1. The van der Waals surface area contributed by atoms with Crippen molar-refractivity contribution in [2.75, 3.05) is 24.5 Å². The van der Waals surface area contributed by atoms with Crippen LogP contribution in [0.5, 0.6) is 5.75 Å². The van der Waals surface area contributed by atoms with E-state index in [-0.39, 0.29) is 17.3 Å². The standard InChI is InChI=1S/C29H35N3O5S/c1-5-27(29(34)30-4)31(20-23-14-12-22(3)13-15-23)28(33)21-32(24-16-18-25(19-17-24)37-6-2)38(35,36)26-10-8-7-9-11-26/h7-19,27H,5-6,20-21H2,1-4H3,(H,30,34)/t27-/m0/s1. The van der Waals surface area contributed by atoms with Crippen LogP contribution in [0.4, 0.5) is 5.69 Å². The maximum absolute atomic E-state index is 13.9. The SMILES string of the molecule is CCOc1ccc(N(CC(=O)N(Cc2ccc(C)cc2)[C@@H](CC)C(=O)NC)S(=O)(=O)c2ccccc2)cc1. The number of hydrogen-bond acceptors (Lipinski definition) is 5. The molecule has 0 heterocycles. The third-order valence-corrected chi connectivity index (χ3v) is 7.94. The third kappa shape index (κ3) is 6.92. The molecule has 0 radical (unpaired) electrons. The lowest BCUT2D eigenvalue weighted by molar-refractivity contribution is -0.140. The largest absolute Gasteiger partial charge is 0.494 e. The average molecular weight is 538 g/mol. The summed E-state index contributed by atoms with van der Waals surface area (Å²) in [5, 5.41) is 2.63. The number of nitrogens with zero attached hydrogens (tertiary/aromatic N) is 2. The molecule has 0 aliphatic heterocycles. The van der Waals surface area contributed by atoms with Crippen molar-refractivity contribution in [3.05, 3.63) is 90.0 Å². The number of amides is 2. The first-order chi connectivity index (χ1) is 18.2. The fourth-order valence-corrected chi connectivity index (χ4v) is 5.54. The summed E-state index contributed by atoms with van der Waals surface area (Å²) in [5.74, 6) is -0.216. The second-order valence-corrected chi connectivity index (χ2v) is 10.7. The van der Waals surface area contributed by atoms with Crippen LogP contribution < -0.4 is 14.4 Å². The van der Waals surface area contributed by atoms with Crippen molar-refractivity contribution in [3.8, 4) is 5.75 Å². The van der Waals surface area contributed by atoms with Gasteiger partial charge < -0.3 is 15.0 Å².